The number of benzene rings is 2. The molecule has 0 aliphatic carbocycles. The van der Waals surface area contributed by atoms with Crippen LogP contribution in [0.2, 0.25) is 5.02 Å². The summed E-state index contributed by atoms with van der Waals surface area (Å²) >= 11 is 10.6. The Kier molecular flexibility index (Phi) is 5.71. The second-order valence-corrected chi connectivity index (χ2v) is 7.98. The molecule has 3 rings (SSSR count). The molecule has 2 amide bonds. The number of ether oxygens (including phenoxy) is 1. The molecule has 1 fully saturated rings. The van der Waals surface area contributed by atoms with Crippen molar-refractivity contribution in [2.75, 3.05) is 7.11 Å². The molecular weight excluding hydrogens is 426 g/mol. The zero-order valence-corrected chi connectivity index (χ0v) is 16.5. The van der Waals surface area contributed by atoms with E-state index in [1.165, 1.54) is 4.90 Å². The number of carbonyl (C=O) groups excluding carboxylic acids is 2. The maximum Gasteiger partial charge on any atom is 0.289 e. The summed E-state index contributed by atoms with van der Waals surface area (Å²) in [6, 6.07) is 12.9. The van der Waals surface area contributed by atoms with Crippen molar-refractivity contribution in [2.45, 2.75) is 18.2 Å². The van der Waals surface area contributed by atoms with Crippen LogP contribution in [0, 0.1) is 0 Å². The van der Waals surface area contributed by atoms with Crippen LogP contribution >= 0.6 is 39.3 Å². The molecule has 1 saturated heterocycles. The number of methoxy groups -OCH3 is 1. The van der Waals surface area contributed by atoms with Gasteiger partial charge in [0.05, 0.1) is 23.4 Å². The van der Waals surface area contributed by atoms with Gasteiger partial charge in [0.15, 0.2) is 0 Å². The zero-order valence-electron chi connectivity index (χ0n) is 13.4. The van der Waals surface area contributed by atoms with Gasteiger partial charge in [-0.1, -0.05) is 47.6 Å². The summed E-state index contributed by atoms with van der Waals surface area (Å²) in [7, 11) is 1.60. The van der Waals surface area contributed by atoms with Crippen LogP contribution in [0.5, 0.6) is 5.75 Å². The van der Waals surface area contributed by atoms with Crippen LogP contribution in [-0.4, -0.2) is 28.4 Å². The summed E-state index contributed by atoms with van der Waals surface area (Å²) in [5, 5.41) is -0.103. The van der Waals surface area contributed by atoms with Crippen molar-refractivity contribution >= 4 is 50.4 Å². The first-order valence-electron chi connectivity index (χ1n) is 7.57. The van der Waals surface area contributed by atoms with Crippen LogP contribution in [-0.2, 0) is 17.8 Å². The molecule has 1 atom stereocenters. The highest BCUT2D eigenvalue weighted by Crippen LogP contribution is 2.33. The number of hydrogen-bond acceptors (Lipinski definition) is 4. The Bertz CT molecular complexity index is 830. The molecule has 1 aliphatic heterocycles. The van der Waals surface area contributed by atoms with Gasteiger partial charge in [-0.3, -0.25) is 14.5 Å². The third-order valence-corrected chi connectivity index (χ3v) is 5.99. The van der Waals surface area contributed by atoms with Gasteiger partial charge in [-0.05, 0) is 51.7 Å². The van der Waals surface area contributed by atoms with Gasteiger partial charge in [0.2, 0.25) is 5.91 Å². The summed E-state index contributed by atoms with van der Waals surface area (Å²) in [5.41, 5.74) is 1.73. The van der Waals surface area contributed by atoms with E-state index in [4.69, 9.17) is 16.3 Å². The number of amides is 2. The van der Waals surface area contributed by atoms with Gasteiger partial charge >= 0.3 is 0 Å². The van der Waals surface area contributed by atoms with E-state index in [0.29, 0.717) is 11.4 Å². The molecule has 0 saturated carbocycles. The fourth-order valence-corrected chi connectivity index (χ4v) is 4.43. The number of hydrogen-bond donors (Lipinski definition) is 0. The molecule has 0 N–H and O–H groups in total. The standard InChI is InChI=1S/C18H15BrClNO3S/c1-24-15-7-6-11(8-13(15)19)9-16-17(22)21(18(23)25-16)10-12-4-2-3-5-14(12)20/h2-8,16H,9-10H2,1H3/t16-/m1/s1. The van der Waals surface area contributed by atoms with Gasteiger partial charge in [0.1, 0.15) is 5.75 Å². The SMILES string of the molecule is COc1ccc(C[C@H]2SC(=O)N(Cc3ccccc3Cl)C2=O)cc1Br. The summed E-state index contributed by atoms with van der Waals surface area (Å²) in [4.78, 5) is 26.2. The summed E-state index contributed by atoms with van der Waals surface area (Å²) in [5.74, 6) is 0.549. The molecule has 1 aliphatic rings. The largest absolute Gasteiger partial charge is 0.496 e. The third kappa shape index (κ3) is 4.02. The van der Waals surface area contributed by atoms with Gasteiger partial charge in [0.25, 0.3) is 5.24 Å². The quantitative estimate of drug-likeness (QED) is 0.662. The van der Waals surface area contributed by atoms with Crippen LogP contribution in [0.3, 0.4) is 0 Å². The minimum atomic E-state index is -0.421. The Morgan fingerprint density at radius 1 is 1.24 bits per heavy atom. The predicted octanol–water partition coefficient (Wildman–Crippen LogP) is 4.92. The molecule has 0 spiro atoms. The van der Waals surface area contributed by atoms with E-state index in [1.807, 2.05) is 36.4 Å². The minimum Gasteiger partial charge on any atom is -0.496 e. The van der Waals surface area contributed by atoms with Gasteiger partial charge in [0, 0.05) is 5.02 Å². The van der Waals surface area contributed by atoms with Crippen molar-refractivity contribution in [1.29, 1.82) is 0 Å². The first kappa shape index (κ1) is 18.3. The van der Waals surface area contributed by atoms with E-state index in [9.17, 15) is 9.59 Å². The maximum atomic E-state index is 12.6. The average molecular weight is 441 g/mol. The predicted molar refractivity (Wildman–Crippen MR) is 103 cm³/mol. The fourth-order valence-electron chi connectivity index (χ4n) is 2.62. The van der Waals surface area contributed by atoms with E-state index in [1.54, 1.807) is 13.2 Å². The second-order valence-electron chi connectivity index (χ2n) is 5.56. The normalized spacial score (nSPS) is 17.2. The van der Waals surface area contributed by atoms with Crippen molar-refractivity contribution in [3.8, 4) is 5.75 Å². The zero-order chi connectivity index (χ0) is 18.0. The third-order valence-electron chi connectivity index (χ3n) is 3.93. The Morgan fingerprint density at radius 3 is 2.68 bits per heavy atom. The minimum absolute atomic E-state index is 0.179. The monoisotopic (exact) mass is 439 g/mol. The van der Waals surface area contributed by atoms with E-state index in [0.717, 1.165) is 33.1 Å². The number of imide groups is 1. The summed E-state index contributed by atoms with van der Waals surface area (Å²) in [6.45, 7) is 0.202. The molecule has 0 bridgehead atoms. The molecule has 4 nitrogen and oxygen atoms in total. The molecule has 25 heavy (non-hydrogen) atoms. The van der Waals surface area contributed by atoms with Gasteiger partial charge in [-0.15, -0.1) is 0 Å². The molecule has 7 heteroatoms. The van der Waals surface area contributed by atoms with Crippen LogP contribution in [0.4, 0.5) is 4.79 Å². The first-order chi connectivity index (χ1) is 12.0. The van der Waals surface area contributed by atoms with Gasteiger partial charge in [-0.2, -0.15) is 0 Å². The summed E-state index contributed by atoms with van der Waals surface area (Å²) in [6.07, 6.45) is 0.483. The maximum absolute atomic E-state index is 12.6. The number of rotatable bonds is 5. The Balaban J connectivity index is 1.73. The Labute approximate surface area is 163 Å². The first-order valence-corrected chi connectivity index (χ1v) is 9.62. The number of halogens is 2. The van der Waals surface area contributed by atoms with Crippen molar-refractivity contribution in [2.24, 2.45) is 0 Å². The lowest BCUT2D eigenvalue weighted by atomic mass is 10.1. The lowest BCUT2D eigenvalue weighted by Crippen LogP contribution is -2.31. The smallest absolute Gasteiger partial charge is 0.289 e. The molecule has 130 valence electrons. The molecule has 0 unspecified atom stereocenters. The Morgan fingerprint density at radius 2 is 2.00 bits per heavy atom. The van der Waals surface area contributed by atoms with Crippen LogP contribution in [0.15, 0.2) is 46.9 Å². The van der Waals surface area contributed by atoms with Crippen LogP contribution in [0.25, 0.3) is 0 Å². The molecule has 2 aromatic rings. The van der Waals surface area contributed by atoms with Crippen molar-refractivity contribution in [3.63, 3.8) is 0 Å². The Hall–Kier alpha value is -1.50. The molecular formula is C18H15BrClNO3S. The fraction of sp³-hybridized carbons (Fsp3) is 0.222. The lowest BCUT2D eigenvalue weighted by molar-refractivity contribution is -0.127. The van der Waals surface area contributed by atoms with Crippen LogP contribution < -0.4 is 4.74 Å². The van der Waals surface area contributed by atoms with Crippen molar-refractivity contribution in [3.05, 3.63) is 63.1 Å². The number of thioether (sulfide) groups is 1. The topological polar surface area (TPSA) is 46.6 Å². The van der Waals surface area contributed by atoms with Crippen molar-refractivity contribution in [1.82, 2.24) is 4.90 Å². The van der Waals surface area contributed by atoms with Crippen LogP contribution in [0.1, 0.15) is 11.1 Å². The molecule has 1 heterocycles. The van der Waals surface area contributed by atoms with E-state index in [2.05, 4.69) is 15.9 Å². The average Bonchev–Trinajstić information content (AvgIpc) is 2.84. The van der Waals surface area contributed by atoms with E-state index in [-0.39, 0.29) is 17.7 Å². The highest BCUT2D eigenvalue weighted by molar-refractivity contribution is 9.10. The highest BCUT2D eigenvalue weighted by Gasteiger charge is 2.39. The van der Waals surface area contributed by atoms with Gasteiger partial charge < -0.3 is 4.74 Å². The van der Waals surface area contributed by atoms with Crippen molar-refractivity contribution < 1.29 is 14.3 Å². The van der Waals surface area contributed by atoms with E-state index < -0.39 is 5.25 Å². The number of carbonyl (C=O) groups is 2. The number of nitrogens with zero attached hydrogens (tertiary/aromatic N) is 1. The summed E-state index contributed by atoms with van der Waals surface area (Å²) < 4.78 is 6.03. The van der Waals surface area contributed by atoms with E-state index >= 15 is 0 Å². The molecule has 0 radical (unpaired) electrons. The second kappa shape index (κ2) is 7.81. The van der Waals surface area contributed by atoms with Gasteiger partial charge in [-0.25, -0.2) is 0 Å². The molecule has 0 aromatic heterocycles. The highest BCUT2D eigenvalue weighted by atomic mass is 79.9. The molecule has 2 aromatic carbocycles. The lowest BCUT2D eigenvalue weighted by Gasteiger charge is -2.15.